The van der Waals surface area contributed by atoms with Gasteiger partial charge in [0, 0.05) is 24.1 Å². The van der Waals surface area contributed by atoms with Gasteiger partial charge in [-0.2, -0.15) is 0 Å². The van der Waals surface area contributed by atoms with Crippen LogP contribution in [0.3, 0.4) is 0 Å². The Morgan fingerprint density at radius 2 is 2.10 bits per heavy atom. The number of hydrogen-bond acceptors (Lipinski definition) is 3. The second-order valence-corrected chi connectivity index (χ2v) is 5.69. The van der Waals surface area contributed by atoms with E-state index < -0.39 is 17.5 Å². The Morgan fingerprint density at radius 3 is 2.81 bits per heavy atom. The Morgan fingerprint density at radius 1 is 1.38 bits per heavy atom. The number of halogens is 2. The van der Waals surface area contributed by atoms with Crippen LogP contribution in [0.5, 0.6) is 0 Å². The van der Waals surface area contributed by atoms with Crippen LogP contribution in [0.25, 0.3) is 0 Å². The fourth-order valence-corrected chi connectivity index (χ4v) is 3.22. The van der Waals surface area contributed by atoms with Gasteiger partial charge in [0.2, 0.25) is 5.91 Å². The third kappa shape index (κ3) is 2.65. The molecule has 1 heterocycles. The van der Waals surface area contributed by atoms with E-state index in [1.54, 1.807) is 0 Å². The molecule has 1 saturated carbocycles. The normalized spacial score (nSPS) is 31.2. The number of rotatable bonds is 3. The number of hydrogen-bond donors (Lipinski definition) is 2. The molecule has 21 heavy (non-hydrogen) atoms. The minimum Gasteiger partial charge on any atom is -0.376 e. The highest BCUT2D eigenvalue weighted by molar-refractivity contribution is 5.79. The van der Waals surface area contributed by atoms with Gasteiger partial charge in [-0.1, -0.05) is 6.07 Å². The molecule has 2 fully saturated rings. The number of carbonyl (C=O) groups is 1. The second kappa shape index (κ2) is 5.69. The summed E-state index contributed by atoms with van der Waals surface area (Å²) < 4.78 is 32.7. The van der Waals surface area contributed by atoms with Gasteiger partial charge in [-0.15, -0.1) is 0 Å². The number of ether oxygens (including phenoxy) is 1. The van der Waals surface area contributed by atoms with Crippen molar-refractivity contribution in [1.82, 2.24) is 5.32 Å². The fourth-order valence-electron chi connectivity index (χ4n) is 3.22. The number of amides is 1. The van der Waals surface area contributed by atoms with Crippen molar-refractivity contribution in [2.24, 2.45) is 11.7 Å². The smallest absolute Gasteiger partial charge is 0.225 e. The van der Waals surface area contributed by atoms with E-state index in [0.717, 1.165) is 25.0 Å². The largest absolute Gasteiger partial charge is 0.376 e. The second-order valence-electron chi connectivity index (χ2n) is 5.69. The standard InChI is InChI=1S/C15H18F2N2O2/c16-10-4-1-5-11(17)9(10)7-12(20)19-14-13(18)8-3-2-6-21-15(8)14/h1,4-5,8,13-15H,2-3,6-7,18H2,(H,19,20). The van der Waals surface area contributed by atoms with E-state index in [4.69, 9.17) is 10.5 Å². The molecule has 3 rings (SSSR count). The summed E-state index contributed by atoms with van der Waals surface area (Å²) >= 11 is 0. The van der Waals surface area contributed by atoms with E-state index in [-0.39, 0.29) is 36.1 Å². The highest BCUT2D eigenvalue weighted by atomic mass is 19.1. The first-order valence-corrected chi connectivity index (χ1v) is 7.17. The van der Waals surface area contributed by atoms with Gasteiger partial charge in [-0.05, 0) is 25.0 Å². The molecule has 1 amide bonds. The van der Waals surface area contributed by atoms with Crippen LogP contribution >= 0.6 is 0 Å². The molecule has 6 heteroatoms. The Kier molecular flexibility index (Phi) is 3.91. The van der Waals surface area contributed by atoms with E-state index in [1.807, 2.05) is 0 Å². The van der Waals surface area contributed by atoms with Gasteiger partial charge < -0.3 is 15.8 Å². The van der Waals surface area contributed by atoms with Gasteiger partial charge >= 0.3 is 0 Å². The van der Waals surface area contributed by atoms with Gasteiger partial charge in [-0.3, -0.25) is 4.79 Å². The summed E-state index contributed by atoms with van der Waals surface area (Å²) in [4.78, 5) is 12.0. The summed E-state index contributed by atoms with van der Waals surface area (Å²) in [6.07, 6.45) is 1.58. The number of nitrogens with two attached hydrogens (primary N) is 1. The molecule has 4 atom stereocenters. The Balaban J connectivity index is 1.62. The van der Waals surface area contributed by atoms with E-state index in [2.05, 4.69) is 5.32 Å². The zero-order valence-corrected chi connectivity index (χ0v) is 11.5. The van der Waals surface area contributed by atoms with Crippen LogP contribution in [-0.4, -0.2) is 30.7 Å². The minimum absolute atomic E-state index is 0.0665. The maximum absolute atomic E-state index is 13.5. The van der Waals surface area contributed by atoms with Gasteiger partial charge in [0.25, 0.3) is 0 Å². The van der Waals surface area contributed by atoms with Crippen LogP contribution in [0.4, 0.5) is 8.78 Å². The lowest BCUT2D eigenvalue weighted by Gasteiger charge is -2.52. The number of nitrogens with one attached hydrogen (secondary N) is 1. The minimum atomic E-state index is -0.713. The third-order valence-corrected chi connectivity index (χ3v) is 4.40. The highest BCUT2D eigenvalue weighted by Gasteiger charge is 2.51. The van der Waals surface area contributed by atoms with Crippen molar-refractivity contribution in [2.75, 3.05) is 6.61 Å². The Labute approximate surface area is 121 Å². The predicted octanol–water partition coefficient (Wildman–Crippen LogP) is 1.13. The van der Waals surface area contributed by atoms with Crippen LogP contribution < -0.4 is 11.1 Å². The molecule has 1 aliphatic carbocycles. The molecule has 4 unspecified atom stereocenters. The Hall–Kier alpha value is -1.53. The van der Waals surface area contributed by atoms with Crippen LogP contribution in [-0.2, 0) is 16.0 Å². The first-order valence-electron chi connectivity index (χ1n) is 7.17. The van der Waals surface area contributed by atoms with Crippen molar-refractivity contribution in [3.63, 3.8) is 0 Å². The average molecular weight is 296 g/mol. The molecule has 0 aromatic heterocycles. The van der Waals surface area contributed by atoms with Crippen molar-refractivity contribution >= 4 is 5.91 Å². The van der Waals surface area contributed by atoms with E-state index in [0.29, 0.717) is 6.61 Å². The lowest BCUT2D eigenvalue weighted by atomic mass is 9.68. The molecule has 1 saturated heterocycles. The zero-order chi connectivity index (χ0) is 15.0. The van der Waals surface area contributed by atoms with Crippen molar-refractivity contribution in [2.45, 2.75) is 37.5 Å². The number of fused-ring (bicyclic) bond motifs is 1. The van der Waals surface area contributed by atoms with E-state index in [1.165, 1.54) is 6.07 Å². The molecule has 2 aliphatic rings. The molecular formula is C15H18F2N2O2. The summed E-state index contributed by atoms with van der Waals surface area (Å²) in [6, 6.07) is 3.14. The first kappa shape index (κ1) is 14.4. The van der Waals surface area contributed by atoms with Crippen LogP contribution in [0.2, 0.25) is 0 Å². The van der Waals surface area contributed by atoms with Gasteiger partial charge in [-0.25, -0.2) is 8.78 Å². The maximum Gasteiger partial charge on any atom is 0.225 e. The molecule has 114 valence electrons. The lowest BCUT2D eigenvalue weighted by Crippen LogP contribution is -2.72. The fraction of sp³-hybridized carbons (Fsp3) is 0.533. The van der Waals surface area contributed by atoms with Crippen molar-refractivity contribution in [3.8, 4) is 0 Å². The van der Waals surface area contributed by atoms with Crippen LogP contribution in [0.1, 0.15) is 18.4 Å². The first-order chi connectivity index (χ1) is 10.1. The van der Waals surface area contributed by atoms with Crippen molar-refractivity contribution < 1.29 is 18.3 Å². The van der Waals surface area contributed by atoms with Crippen molar-refractivity contribution in [3.05, 3.63) is 35.4 Å². The molecule has 1 aliphatic heterocycles. The molecule has 0 radical (unpaired) electrons. The van der Waals surface area contributed by atoms with Crippen LogP contribution in [0.15, 0.2) is 18.2 Å². The van der Waals surface area contributed by atoms with Crippen LogP contribution in [0, 0.1) is 17.6 Å². The summed E-state index contributed by atoms with van der Waals surface area (Å²) in [7, 11) is 0. The summed E-state index contributed by atoms with van der Waals surface area (Å²) in [5.41, 5.74) is 5.82. The zero-order valence-electron chi connectivity index (χ0n) is 11.5. The SMILES string of the molecule is NC1C2CCCOC2C1NC(=O)Cc1c(F)cccc1F. The Bertz CT molecular complexity index is 532. The number of carbonyl (C=O) groups excluding carboxylic acids is 1. The predicted molar refractivity (Wildman–Crippen MR) is 72.4 cm³/mol. The van der Waals surface area contributed by atoms with Gasteiger partial charge in [0.1, 0.15) is 11.6 Å². The molecule has 0 bridgehead atoms. The summed E-state index contributed by atoms with van der Waals surface area (Å²) in [6.45, 7) is 0.669. The number of benzene rings is 1. The summed E-state index contributed by atoms with van der Waals surface area (Å²) in [5, 5.41) is 2.75. The maximum atomic E-state index is 13.5. The average Bonchev–Trinajstić information content (AvgIpc) is 2.48. The van der Waals surface area contributed by atoms with Gasteiger partial charge in [0.05, 0.1) is 18.6 Å². The molecule has 3 N–H and O–H groups in total. The van der Waals surface area contributed by atoms with E-state index >= 15 is 0 Å². The van der Waals surface area contributed by atoms with Crippen molar-refractivity contribution in [1.29, 1.82) is 0 Å². The lowest BCUT2D eigenvalue weighted by molar-refractivity contribution is -0.138. The third-order valence-electron chi connectivity index (χ3n) is 4.40. The molecular weight excluding hydrogens is 278 g/mol. The highest BCUT2D eigenvalue weighted by Crippen LogP contribution is 2.37. The molecule has 1 aromatic carbocycles. The van der Waals surface area contributed by atoms with E-state index in [9.17, 15) is 13.6 Å². The topological polar surface area (TPSA) is 64.3 Å². The van der Waals surface area contributed by atoms with Gasteiger partial charge in [0.15, 0.2) is 0 Å². The molecule has 1 aromatic rings. The summed E-state index contributed by atoms with van der Waals surface area (Å²) in [5.74, 6) is -1.59. The molecule has 0 spiro atoms. The molecule has 4 nitrogen and oxygen atoms in total. The quantitative estimate of drug-likeness (QED) is 0.879. The monoisotopic (exact) mass is 296 g/mol.